The second-order valence-electron chi connectivity index (χ2n) is 3.52. The number of hydrogen-bond donors (Lipinski definition) is 0. The van der Waals surface area contributed by atoms with E-state index in [2.05, 4.69) is 22.6 Å². The zero-order chi connectivity index (χ0) is 12.7. The van der Waals surface area contributed by atoms with Gasteiger partial charge in [0.15, 0.2) is 0 Å². The molecule has 0 aliphatic heterocycles. The van der Waals surface area contributed by atoms with Crippen molar-refractivity contribution in [2.24, 2.45) is 0 Å². The molecule has 90 valence electrons. The van der Waals surface area contributed by atoms with Crippen LogP contribution in [0.15, 0.2) is 18.3 Å². The first kappa shape index (κ1) is 13.0. The standard InChI is InChI=1S/C13H16N2O2/c1-4-8-15(9-5-2)12-10-11(6-7-14-12)13(16)17-3/h1,6-7,10H,5,8-9H2,2-3H3. The van der Waals surface area contributed by atoms with Crippen LogP contribution in [0.5, 0.6) is 0 Å². The summed E-state index contributed by atoms with van der Waals surface area (Å²) in [6, 6.07) is 3.31. The van der Waals surface area contributed by atoms with Gasteiger partial charge in [0, 0.05) is 12.7 Å². The van der Waals surface area contributed by atoms with Gasteiger partial charge in [-0.15, -0.1) is 6.42 Å². The molecular formula is C13H16N2O2. The molecular weight excluding hydrogens is 216 g/mol. The molecule has 0 aliphatic rings. The van der Waals surface area contributed by atoms with E-state index in [1.54, 1.807) is 18.3 Å². The number of pyridine rings is 1. The molecule has 17 heavy (non-hydrogen) atoms. The van der Waals surface area contributed by atoms with Crippen LogP contribution in [0.4, 0.5) is 5.82 Å². The lowest BCUT2D eigenvalue weighted by molar-refractivity contribution is 0.0600. The Bertz CT molecular complexity index is 424. The number of carbonyl (C=O) groups excluding carboxylic acids is 1. The Hall–Kier alpha value is -2.02. The summed E-state index contributed by atoms with van der Waals surface area (Å²) in [6.45, 7) is 3.35. The van der Waals surface area contributed by atoms with E-state index in [0.717, 1.165) is 13.0 Å². The van der Waals surface area contributed by atoms with E-state index in [-0.39, 0.29) is 5.97 Å². The summed E-state index contributed by atoms with van der Waals surface area (Å²) in [5.41, 5.74) is 0.482. The molecule has 0 aliphatic carbocycles. The summed E-state index contributed by atoms with van der Waals surface area (Å²) in [6.07, 6.45) is 7.86. The summed E-state index contributed by atoms with van der Waals surface area (Å²) >= 11 is 0. The van der Waals surface area contributed by atoms with E-state index >= 15 is 0 Å². The molecule has 0 unspecified atom stereocenters. The predicted molar refractivity (Wildman–Crippen MR) is 66.9 cm³/mol. The molecule has 0 radical (unpaired) electrons. The number of nitrogens with zero attached hydrogens (tertiary/aromatic N) is 2. The van der Waals surface area contributed by atoms with E-state index < -0.39 is 0 Å². The highest BCUT2D eigenvalue weighted by molar-refractivity contribution is 5.90. The Kier molecular flexibility index (Phi) is 5.02. The second-order valence-corrected chi connectivity index (χ2v) is 3.52. The molecule has 4 heteroatoms. The molecule has 0 N–H and O–H groups in total. The van der Waals surface area contributed by atoms with Crippen LogP contribution in [0.2, 0.25) is 0 Å². The molecule has 0 aromatic carbocycles. The van der Waals surface area contributed by atoms with E-state index in [4.69, 9.17) is 6.42 Å². The molecule has 1 aromatic heterocycles. The fourth-order valence-electron chi connectivity index (χ4n) is 1.49. The van der Waals surface area contributed by atoms with Crippen molar-refractivity contribution in [2.45, 2.75) is 13.3 Å². The molecule has 0 bridgehead atoms. The highest BCUT2D eigenvalue weighted by Crippen LogP contribution is 2.13. The fraction of sp³-hybridized carbons (Fsp3) is 0.385. The molecule has 0 spiro atoms. The Morgan fingerprint density at radius 1 is 1.65 bits per heavy atom. The van der Waals surface area contributed by atoms with Gasteiger partial charge in [-0.1, -0.05) is 12.8 Å². The van der Waals surface area contributed by atoms with Crippen LogP contribution in [0.3, 0.4) is 0 Å². The number of rotatable bonds is 5. The molecule has 1 aromatic rings. The minimum absolute atomic E-state index is 0.370. The second kappa shape index (κ2) is 6.54. The number of esters is 1. The number of ether oxygens (including phenoxy) is 1. The number of methoxy groups -OCH3 is 1. The summed E-state index contributed by atoms with van der Waals surface area (Å²) in [5.74, 6) is 2.92. The predicted octanol–water partition coefficient (Wildman–Crippen LogP) is 1.72. The van der Waals surface area contributed by atoms with Gasteiger partial charge in [0.1, 0.15) is 5.82 Å². The largest absolute Gasteiger partial charge is 0.465 e. The summed E-state index contributed by atoms with van der Waals surface area (Å²) < 4.78 is 4.67. The monoisotopic (exact) mass is 232 g/mol. The lowest BCUT2D eigenvalue weighted by Crippen LogP contribution is -2.25. The smallest absolute Gasteiger partial charge is 0.338 e. The lowest BCUT2D eigenvalue weighted by atomic mass is 10.2. The third-order valence-electron chi connectivity index (χ3n) is 2.27. The Morgan fingerprint density at radius 3 is 3.00 bits per heavy atom. The summed E-state index contributed by atoms with van der Waals surface area (Å²) in [7, 11) is 1.35. The van der Waals surface area contributed by atoms with Crippen LogP contribution in [-0.2, 0) is 4.74 Å². The minimum Gasteiger partial charge on any atom is -0.465 e. The molecule has 0 saturated heterocycles. The van der Waals surface area contributed by atoms with Crippen LogP contribution in [0.25, 0.3) is 0 Å². The molecule has 0 amide bonds. The minimum atomic E-state index is -0.370. The van der Waals surface area contributed by atoms with Gasteiger partial charge in [0.2, 0.25) is 0 Å². The summed E-state index contributed by atoms with van der Waals surface area (Å²) in [5, 5.41) is 0. The van der Waals surface area contributed by atoms with Gasteiger partial charge in [-0.2, -0.15) is 0 Å². The average Bonchev–Trinajstić information content (AvgIpc) is 2.37. The summed E-state index contributed by atoms with van der Waals surface area (Å²) in [4.78, 5) is 17.6. The zero-order valence-corrected chi connectivity index (χ0v) is 10.1. The van der Waals surface area contributed by atoms with E-state index in [0.29, 0.717) is 17.9 Å². The van der Waals surface area contributed by atoms with Crippen LogP contribution in [0.1, 0.15) is 23.7 Å². The third-order valence-corrected chi connectivity index (χ3v) is 2.27. The lowest BCUT2D eigenvalue weighted by Gasteiger charge is -2.20. The van der Waals surface area contributed by atoms with E-state index in [1.165, 1.54) is 7.11 Å². The first-order valence-electron chi connectivity index (χ1n) is 5.45. The SMILES string of the molecule is C#CCN(CCC)c1cc(C(=O)OC)ccn1. The first-order valence-corrected chi connectivity index (χ1v) is 5.45. The quantitative estimate of drug-likeness (QED) is 0.572. The third kappa shape index (κ3) is 3.49. The van der Waals surface area contributed by atoms with Gasteiger partial charge in [0.05, 0.1) is 19.2 Å². The van der Waals surface area contributed by atoms with Crippen molar-refractivity contribution in [3.63, 3.8) is 0 Å². The van der Waals surface area contributed by atoms with Crippen molar-refractivity contribution in [1.29, 1.82) is 0 Å². The van der Waals surface area contributed by atoms with Crippen molar-refractivity contribution in [3.8, 4) is 12.3 Å². The maximum Gasteiger partial charge on any atom is 0.338 e. The highest BCUT2D eigenvalue weighted by Gasteiger charge is 2.10. The van der Waals surface area contributed by atoms with Gasteiger partial charge in [-0.25, -0.2) is 9.78 Å². The van der Waals surface area contributed by atoms with Crippen molar-refractivity contribution in [1.82, 2.24) is 4.98 Å². The molecule has 1 heterocycles. The topological polar surface area (TPSA) is 42.4 Å². The van der Waals surface area contributed by atoms with Crippen LogP contribution in [-0.4, -0.2) is 31.2 Å². The van der Waals surface area contributed by atoms with Gasteiger partial charge in [-0.3, -0.25) is 0 Å². The fourth-order valence-corrected chi connectivity index (χ4v) is 1.49. The number of anilines is 1. The maximum absolute atomic E-state index is 11.4. The van der Waals surface area contributed by atoms with E-state index in [1.807, 2.05) is 4.90 Å². The van der Waals surface area contributed by atoms with Crippen molar-refractivity contribution in [2.75, 3.05) is 25.1 Å². The van der Waals surface area contributed by atoms with Crippen molar-refractivity contribution in [3.05, 3.63) is 23.9 Å². The highest BCUT2D eigenvalue weighted by atomic mass is 16.5. The molecule has 1 rings (SSSR count). The maximum atomic E-state index is 11.4. The van der Waals surface area contributed by atoms with Gasteiger partial charge in [0.25, 0.3) is 0 Å². The Morgan fingerprint density at radius 2 is 2.41 bits per heavy atom. The van der Waals surface area contributed by atoms with Gasteiger partial charge in [-0.05, 0) is 18.6 Å². The molecule has 0 atom stereocenters. The number of carbonyl (C=O) groups is 1. The molecule has 0 saturated carbocycles. The van der Waals surface area contributed by atoms with E-state index in [9.17, 15) is 4.79 Å². The normalized spacial score (nSPS) is 9.47. The molecule has 4 nitrogen and oxygen atoms in total. The van der Waals surface area contributed by atoms with Crippen LogP contribution < -0.4 is 4.90 Å². The molecule has 0 fully saturated rings. The zero-order valence-electron chi connectivity index (χ0n) is 10.1. The Balaban J connectivity index is 2.96. The first-order chi connectivity index (χ1) is 8.22. The number of aromatic nitrogens is 1. The number of terminal acetylenes is 1. The van der Waals surface area contributed by atoms with Crippen LogP contribution >= 0.6 is 0 Å². The van der Waals surface area contributed by atoms with Gasteiger partial charge >= 0.3 is 5.97 Å². The van der Waals surface area contributed by atoms with Crippen molar-refractivity contribution >= 4 is 11.8 Å². The van der Waals surface area contributed by atoms with Crippen LogP contribution in [0, 0.1) is 12.3 Å². The van der Waals surface area contributed by atoms with Gasteiger partial charge < -0.3 is 9.64 Å². The average molecular weight is 232 g/mol. The number of hydrogen-bond acceptors (Lipinski definition) is 4. The van der Waals surface area contributed by atoms with Crippen molar-refractivity contribution < 1.29 is 9.53 Å². The Labute approximate surface area is 102 Å².